The lowest BCUT2D eigenvalue weighted by atomic mass is 10.1. The minimum atomic E-state index is -0.172. The van der Waals surface area contributed by atoms with Crippen LogP contribution < -0.4 is 10.6 Å². The van der Waals surface area contributed by atoms with Gasteiger partial charge in [0.2, 0.25) is 0 Å². The van der Waals surface area contributed by atoms with Crippen molar-refractivity contribution in [2.75, 3.05) is 26.2 Å². The number of likely N-dealkylation sites (tertiary alicyclic amines) is 1. The van der Waals surface area contributed by atoms with E-state index in [4.69, 9.17) is 9.52 Å². The van der Waals surface area contributed by atoms with Crippen LogP contribution in [0.25, 0.3) is 0 Å². The van der Waals surface area contributed by atoms with Crippen LogP contribution in [0.5, 0.6) is 0 Å². The van der Waals surface area contributed by atoms with Gasteiger partial charge in [-0.15, -0.1) is 0 Å². The minimum Gasteiger partial charge on any atom is -0.468 e. The van der Waals surface area contributed by atoms with Crippen LogP contribution in [0.3, 0.4) is 0 Å². The molecular formula is C17H25N3O3. The highest BCUT2D eigenvalue weighted by Gasteiger charge is 2.26. The van der Waals surface area contributed by atoms with Crippen LogP contribution in [0.15, 0.2) is 35.0 Å². The number of nitrogens with zero attached hydrogens (tertiary/aromatic N) is 1. The Bertz CT molecular complexity index is 523. The normalized spacial score (nSPS) is 25.6. The predicted octanol–water partition coefficient (Wildman–Crippen LogP) is 1.65. The third kappa shape index (κ3) is 4.14. The van der Waals surface area contributed by atoms with E-state index in [1.54, 1.807) is 6.26 Å². The summed E-state index contributed by atoms with van der Waals surface area (Å²) in [5, 5.41) is 15.0. The summed E-state index contributed by atoms with van der Waals surface area (Å²) >= 11 is 0. The summed E-state index contributed by atoms with van der Waals surface area (Å²) in [6, 6.07) is 3.77. The highest BCUT2D eigenvalue weighted by molar-refractivity contribution is 5.74. The Morgan fingerprint density at radius 2 is 2.22 bits per heavy atom. The summed E-state index contributed by atoms with van der Waals surface area (Å²) in [4.78, 5) is 14.5. The highest BCUT2D eigenvalue weighted by atomic mass is 16.3. The number of urea groups is 1. The monoisotopic (exact) mass is 319 g/mol. The molecule has 1 aliphatic heterocycles. The molecule has 1 aromatic heterocycles. The molecule has 3 N–H and O–H groups in total. The highest BCUT2D eigenvalue weighted by Crippen LogP contribution is 2.24. The molecule has 6 nitrogen and oxygen atoms in total. The number of hydrogen-bond acceptors (Lipinski definition) is 4. The van der Waals surface area contributed by atoms with Gasteiger partial charge in [0.15, 0.2) is 0 Å². The lowest BCUT2D eigenvalue weighted by Gasteiger charge is -2.26. The average molecular weight is 319 g/mol. The molecule has 126 valence electrons. The Hall–Kier alpha value is -1.79. The maximum absolute atomic E-state index is 12.1. The predicted molar refractivity (Wildman–Crippen MR) is 86.9 cm³/mol. The van der Waals surface area contributed by atoms with Gasteiger partial charge in [0.25, 0.3) is 0 Å². The van der Waals surface area contributed by atoms with Gasteiger partial charge in [0.05, 0.1) is 12.3 Å². The molecule has 0 aromatic carbocycles. The summed E-state index contributed by atoms with van der Waals surface area (Å²) in [7, 11) is 0. The van der Waals surface area contributed by atoms with E-state index < -0.39 is 0 Å². The van der Waals surface area contributed by atoms with Gasteiger partial charge in [-0.3, -0.25) is 4.90 Å². The van der Waals surface area contributed by atoms with Crippen LogP contribution in [0.4, 0.5) is 4.79 Å². The second kappa shape index (κ2) is 7.66. The zero-order chi connectivity index (χ0) is 16.1. The zero-order valence-corrected chi connectivity index (χ0v) is 13.3. The molecule has 1 aromatic rings. The third-order valence-electron chi connectivity index (χ3n) is 4.63. The number of hydrogen-bond donors (Lipinski definition) is 3. The summed E-state index contributed by atoms with van der Waals surface area (Å²) < 4.78 is 5.55. The van der Waals surface area contributed by atoms with Crippen LogP contribution in [-0.4, -0.2) is 48.3 Å². The molecule has 23 heavy (non-hydrogen) atoms. The number of furan rings is 1. The van der Waals surface area contributed by atoms with Crippen LogP contribution in [-0.2, 0) is 0 Å². The fourth-order valence-electron chi connectivity index (χ4n) is 3.37. The molecule has 2 heterocycles. The van der Waals surface area contributed by atoms with Crippen molar-refractivity contribution in [2.45, 2.75) is 31.3 Å². The lowest BCUT2D eigenvalue weighted by molar-refractivity contribution is 0.201. The molecule has 0 radical (unpaired) electrons. The summed E-state index contributed by atoms with van der Waals surface area (Å²) in [6.45, 7) is 2.74. The second-order valence-corrected chi connectivity index (χ2v) is 6.30. The Balaban J connectivity index is 1.50. The first-order chi connectivity index (χ1) is 11.3. The van der Waals surface area contributed by atoms with Crippen molar-refractivity contribution in [2.24, 2.45) is 5.92 Å². The van der Waals surface area contributed by atoms with E-state index in [0.29, 0.717) is 6.54 Å². The maximum Gasteiger partial charge on any atom is 0.315 e. The number of carbonyl (C=O) groups excluding carboxylic acids is 1. The standard InChI is InChI=1S/C17H25N3O3/c21-12-13-5-6-14(10-13)19-17(22)18-11-15(16-4-3-9-23-16)20-7-1-2-8-20/h3-6,9,13-15,21H,1-2,7-8,10-12H2,(H2,18,19,22)/t13-,14+,15?/m0/s1. The van der Waals surface area contributed by atoms with Crippen molar-refractivity contribution in [3.8, 4) is 0 Å². The molecule has 0 spiro atoms. The topological polar surface area (TPSA) is 77.7 Å². The molecule has 1 saturated heterocycles. The van der Waals surface area contributed by atoms with Crippen molar-refractivity contribution in [1.82, 2.24) is 15.5 Å². The van der Waals surface area contributed by atoms with Gasteiger partial charge in [0, 0.05) is 25.1 Å². The van der Waals surface area contributed by atoms with Gasteiger partial charge in [-0.2, -0.15) is 0 Å². The Labute approximate surface area is 136 Å². The van der Waals surface area contributed by atoms with Gasteiger partial charge in [-0.25, -0.2) is 4.79 Å². The Morgan fingerprint density at radius 1 is 1.39 bits per heavy atom. The molecule has 1 unspecified atom stereocenters. The van der Waals surface area contributed by atoms with E-state index >= 15 is 0 Å². The van der Waals surface area contributed by atoms with Gasteiger partial charge in [-0.1, -0.05) is 12.2 Å². The second-order valence-electron chi connectivity index (χ2n) is 6.30. The number of aliphatic hydroxyl groups is 1. The van der Waals surface area contributed by atoms with Crippen molar-refractivity contribution in [3.05, 3.63) is 36.3 Å². The first-order valence-electron chi connectivity index (χ1n) is 8.37. The Morgan fingerprint density at radius 3 is 2.87 bits per heavy atom. The Kier molecular flexibility index (Phi) is 5.35. The first-order valence-corrected chi connectivity index (χ1v) is 8.37. The molecule has 0 saturated carbocycles. The molecule has 6 heteroatoms. The number of amides is 2. The van der Waals surface area contributed by atoms with Gasteiger partial charge < -0.3 is 20.2 Å². The molecule has 3 rings (SSSR count). The van der Waals surface area contributed by atoms with E-state index in [2.05, 4.69) is 15.5 Å². The molecule has 1 fully saturated rings. The van der Waals surface area contributed by atoms with Crippen LogP contribution in [0.1, 0.15) is 31.1 Å². The van der Waals surface area contributed by atoms with Crippen molar-refractivity contribution < 1.29 is 14.3 Å². The van der Waals surface area contributed by atoms with E-state index in [0.717, 1.165) is 25.3 Å². The number of carbonyl (C=O) groups is 1. The molecule has 1 aliphatic carbocycles. The quantitative estimate of drug-likeness (QED) is 0.697. The summed E-state index contributed by atoms with van der Waals surface area (Å²) in [6.07, 6.45) is 8.73. The van der Waals surface area contributed by atoms with E-state index in [-0.39, 0.29) is 30.6 Å². The van der Waals surface area contributed by atoms with E-state index in [1.165, 1.54) is 12.8 Å². The number of nitrogens with one attached hydrogen (secondary N) is 2. The van der Waals surface area contributed by atoms with E-state index in [1.807, 2.05) is 24.3 Å². The van der Waals surface area contributed by atoms with Gasteiger partial charge in [0.1, 0.15) is 5.76 Å². The minimum absolute atomic E-state index is 0.000925. The number of aliphatic hydroxyl groups excluding tert-OH is 1. The van der Waals surface area contributed by atoms with Crippen molar-refractivity contribution >= 4 is 6.03 Å². The molecule has 2 aliphatic rings. The lowest BCUT2D eigenvalue weighted by Crippen LogP contribution is -2.44. The summed E-state index contributed by atoms with van der Waals surface area (Å²) in [5.41, 5.74) is 0. The molecule has 0 bridgehead atoms. The van der Waals surface area contributed by atoms with Crippen LogP contribution in [0.2, 0.25) is 0 Å². The van der Waals surface area contributed by atoms with Crippen LogP contribution in [0, 0.1) is 5.92 Å². The maximum atomic E-state index is 12.1. The van der Waals surface area contributed by atoms with Gasteiger partial charge in [-0.05, 0) is 44.5 Å². The summed E-state index contributed by atoms with van der Waals surface area (Å²) in [5.74, 6) is 1.05. The molecular weight excluding hydrogens is 294 g/mol. The largest absolute Gasteiger partial charge is 0.468 e. The molecule has 3 atom stereocenters. The fraction of sp³-hybridized carbons (Fsp3) is 0.588. The number of rotatable bonds is 6. The fourth-order valence-corrected chi connectivity index (χ4v) is 3.37. The SMILES string of the molecule is O=C(NCC(c1ccco1)N1CCCC1)N[C@@H]1C=C[C@H](CO)C1. The molecule has 2 amide bonds. The zero-order valence-electron chi connectivity index (χ0n) is 13.3. The average Bonchev–Trinajstić information content (AvgIpc) is 3.30. The third-order valence-corrected chi connectivity index (χ3v) is 4.63. The van der Waals surface area contributed by atoms with Crippen LogP contribution >= 0.6 is 0 Å². The van der Waals surface area contributed by atoms with Crippen molar-refractivity contribution in [1.29, 1.82) is 0 Å². The first kappa shape index (κ1) is 16.1. The van der Waals surface area contributed by atoms with Crippen molar-refractivity contribution in [3.63, 3.8) is 0 Å². The van der Waals surface area contributed by atoms with E-state index in [9.17, 15) is 4.79 Å². The van der Waals surface area contributed by atoms with Gasteiger partial charge >= 0.3 is 6.03 Å². The smallest absolute Gasteiger partial charge is 0.315 e.